The molecule has 0 aliphatic heterocycles. The molecule has 4 rings (SSSR count). The smallest absolute Gasteiger partial charge is 0.228 e. The lowest BCUT2D eigenvalue weighted by molar-refractivity contribution is -0.115. The fourth-order valence-electron chi connectivity index (χ4n) is 3.00. The Balaban J connectivity index is 1.43. The summed E-state index contributed by atoms with van der Waals surface area (Å²) in [6, 6.07) is 21.4. The summed E-state index contributed by atoms with van der Waals surface area (Å²) >= 11 is 0. The molecular formula is C24H19FN2O2. The third-order valence-electron chi connectivity index (χ3n) is 4.52. The summed E-state index contributed by atoms with van der Waals surface area (Å²) in [5.74, 6) is -0.0463. The van der Waals surface area contributed by atoms with Gasteiger partial charge in [0.15, 0.2) is 0 Å². The first kappa shape index (κ1) is 18.6. The Morgan fingerprint density at radius 3 is 2.45 bits per heavy atom. The fourth-order valence-corrected chi connectivity index (χ4v) is 3.00. The van der Waals surface area contributed by atoms with Crippen LogP contribution in [0.1, 0.15) is 11.1 Å². The zero-order valence-electron chi connectivity index (χ0n) is 15.9. The van der Waals surface area contributed by atoms with Crippen molar-refractivity contribution < 1.29 is 13.6 Å². The van der Waals surface area contributed by atoms with Gasteiger partial charge < -0.3 is 9.73 Å². The van der Waals surface area contributed by atoms with Gasteiger partial charge in [-0.25, -0.2) is 9.37 Å². The monoisotopic (exact) mass is 386 g/mol. The van der Waals surface area contributed by atoms with Crippen LogP contribution in [0.25, 0.3) is 22.7 Å². The van der Waals surface area contributed by atoms with Gasteiger partial charge in [-0.05, 0) is 48.9 Å². The van der Waals surface area contributed by atoms with E-state index >= 15 is 0 Å². The minimum Gasteiger partial charge on any atom is -0.444 e. The number of oxazole rings is 1. The number of benzene rings is 3. The molecule has 0 unspecified atom stereocenters. The van der Waals surface area contributed by atoms with Crippen molar-refractivity contribution in [2.24, 2.45) is 0 Å². The van der Waals surface area contributed by atoms with Crippen molar-refractivity contribution in [1.82, 2.24) is 4.98 Å². The number of rotatable bonds is 5. The Bertz CT molecular complexity index is 1130. The number of nitrogens with zero attached hydrogens (tertiary/aromatic N) is 1. The van der Waals surface area contributed by atoms with Gasteiger partial charge in [0.05, 0.1) is 6.42 Å². The molecule has 0 atom stereocenters. The SMILES string of the molecule is Cc1ccc(-c2coc(-c3ccc(NC(=O)Cc4cccc(F)c4)cc3)n2)cc1. The first-order valence-electron chi connectivity index (χ1n) is 9.24. The summed E-state index contributed by atoms with van der Waals surface area (Å²) in [7, 11) is 0. The second-order valence-corrected chi connectivity index (χ2v) is 6.84. The van der Waals surface area contributed by atoms with Crippen LogP contribution in [0.3, 0.4) is 0 Å². The molecule has 3 aromatic carbocycles. The highest BCUT2D eigenvalue weighted by Gasteiger charge is 2.10. The van der Waals surface area contributed by atoms with E-state index in [1.54, 1.807) is 30.5 Å². The topological polar surface area (TPSA) is 55.1 Å². The van der Waals surface area contributed by atoms with E-state index in [-0.39, 0.29) is 18.1 Å². The first-order valence-corrected chi connectivity index (χ1v) is 9.24. The molecule has 0 saturated carbocycles. The van der Waals surface area contributed by atoms with E-state index < -0.39 is 0 Å². The maximum atomic E-state index is 13.2. The number of nitrogens with one attached hydrogen (secondary N) is 1. The molecule has 5 heteroatoms. The van der Waals surface area contributed by atoms with Crippen LogP contribution in [0.4, 0.5) is 10.1 Å². The lowest BCUT2D eigenvalue weighted by Crippen LogP contribution is -2.14. The van der Waals surface area contributed by atoms with E-state index in [9.17, 15) is 9.18 Å². The van der Waals surface area contributed by atoms with Crippen LogP contribution in [0.2, 0.25) is 0 Å². The van der Waals surface area contributed by atoms with E-state index in [2.05, 4.69) is 10.3 Å². The summed E-state index contributed by atoms with van der Waals surface area (Å²) in [5, 5.41) is 2.81. The maximum absolute atomic E-state index is 13.2. The van der Waals surface area contributed by atoms with Crippen molar-refractivity contribution in [3.8, 4) is 22.7 Å². The number of anilines is 1. The molecule has 1 heterocycles. The highest BCUT2D eigenvalue weighted by atomic mass is 19.1. The van der Waals surface area contributed by atoms with Crippen LogP contribution in [-0.2, 0) is 11.2 Å². The summed E-state index contributed by atoms with van der Waals surface area (Å²) in [6.45, 7) is 2.04. The molecule has 0 spiro atoms. The van der Waals surface area contributed by atoms with Gasteiger partial charge >= 0.3 is 0 Å². The molecule has 29 heavy (non-hydrogen) atoms. The summed E-state index contributed by atoms with van der Waals surface area (Å²) < 4.78 is 18.8. The van der Waals surface area contributed by atoms with E-state index in [0.29, 0.717) is 17.1 Å². The third kappa shape index (κ3) is 4.58. The van der Waals surface area contributed by atoms with E-state index in [4.69, 9.17) is 4.42 Å². The van der Waals surface area contributed by atoms with Crippen molar-refractivity contribution in [3.05, 3.63) is 96.0 Å². The Kier molecular flexibility index (Phi) is 5.20. The average Bonchev–Trinajstić information content (AvgIpc) is 3.19. The summed E-state index contributed by atoms with van der Waals surface area (Å²) in [6.07, 6.45) is 1.74. The molecule has 1 aromatic heterocycles. The zero-order valence-corrected chi connectivity index (χ0v) is 15.9. The number of aryl methyl sites for hydroxylation is 1. The first-order chi connectivity index (χ1) is 14.1. The highest BCUT2D eigenvalue weighted by molar-refractivity contribution is 5.92. The van der Waals surface area contributed by atoms with Crippen molar-refractivity contribution in [3.63, 3.8) is 0 Å². The molecule has 1 amide bonds. The Hall–Kier alpha value is -3.73. The molecular weight excluding hydrogens is 367 g/mol. The van der Waals surface area contributed by atoms with Gasteiger partial charge in [-0.15, -0.1) is 0 Å². The van der Waals surface area contributed by atoms with Gasteiger partial charge in [-0.1, -0.05) is 42.0 Å². The normalized spacial score (nSPS) is 10.7. The number of carbonyl (C=O) groups excluding carboxylic acids is 1. The Morgan fingerprint density at radius 1 is 1.00 bits per heavy atom. The minimum absolute atomic E-state index is 0.110. The number of hydrogen-bond donors (Lipinski definition) is 1. The van der Waals surface area contributed by atoms with Gasteiger partial charge in [0.25, 0.3) is 0 Å². The summed E-state index contributed by atoms with van der Waals surface area (Å²) in [5.41, 5.74) is 5.04. The number of carbonyl (C=O) groups is 1. The van der Waals surface area contributed by atoms with E-state index in [0.717, 1.165) is 16.8 Å². The number of aromatic nitrogens is 1. The van der Waals surface area contributed by atoms with Gasteiger partial charge in [0.2, 0.25) is 11.8 Å². The fraction of sp³-hybridized carbons (Fsp3) is 0.0833. The second kappa shape index (κ2) is 8.10. The van der Waals surface area contributed by atoms with Gasteiger partial charge in [-0.2, -0.15) is 0 Å². The second-order valence-electron chi connectivity index (χ2n) is 6.84. The number of amides is 1. The van der Waals surface area contributed by atoms with Crippen LogP contribution in [0, 0.1) is 12.7 Å². The third-order valence-corrected chi connectivity index (χ3v) is 4.52. The van der Waals surface area contributed by atoms with E-state index in [1.165, 1.54) is 17.7 Å². The summed E-state index contributed by atoms with van der Waals surface area (Å²) in [4.78, 5) is 16.7. The largest absolute Gasteiger partial charge is 0.444 e. The van der Waals surface area contributed by atoms with Gasteiger partial charge in [0.1, 0.15) is 17.8 Å². The Labute approximate surface area is 168 Å². The predicted molar refractivity (Wildman–Crippen MR) is 111 cm³/mol. The van der Waals surface area contributed by atoms with Crippen molar-refractivity contribution in [2.45, 2.75) is 13.3 Å². The highest BCUT2D eigenvalue weighted by Crippen LogP contribution is 2.26. The van der Waals surface area contributed by atoms with Crippen LogP contribution >= 0.6 is 0 Å². The predicted octanol–water partition coefficient (Wildman–Crippen LogP) is 5.64. The number of hydrogen-bond acceptors (Lipinski definition) is 3. The molecule has 4 nitrogen and oxygen atoms in total. The van der Waals surface area contributed by atoms with Crippen molar-refractivity contribution in [1.29, 1.82) is 0 Å². The van der Waals surface area contributed by atoms with E-state index in [1.807, 2.05) is 43.3 Å². The Morgan fingerprint density at radius 2 is 1.72 bits per heavy atom. The van der Waals surface area contributed by atoms with Gasteiger partial charge in [0, 0.05) is 16.8 Å². The molecule has 0 radical (unpaired) electrons. The van der Waals surface area contributed by atoms with Gasteiger partial charge in [-0.3, -0.25) is 4.79 Å². The maximum Gasteiger partial charge on any atom is 0.228 e. The van der Waals surface area contributed by atoms with Crippen molar-refractivity contribution >= 4 is 11.6 Å². The number of halogens is 1. The van der Waals surface area contributed by atoms with Crippen LogP contribution in [-0.4, -0.2) is 10.9 Å². The van der Waals surface area contributed by atoms with Crippen LogP contribution in [0.5, 0.6) is 0 Å². The molecule has 0 saturated heterocycles. The quantitative estimate of drug-likeness (QED) is 0.483. The molecule has 4 aromatic rings. The molecule has 0 bridgehead atoms. The van der Waals surface area contributed by atoms with Crippen LogP contribution in [0.15, 0.2) is 83.5 Å². The van der Waals surface area contributed by atoms with Crippen LogP contribution < -0.4 is 5.32 Å². The lowest BCUT2D eigenvalue weighted by Gasteiger charge is -2.06. The minimum atomic E-state index is -0.351. The molecule has 144 valence electrons. The average molecular weight is 386 g/mol. The molecule has 1 N–H and O–H groups in total. The van der Waals surface area contributed by atoms with Crippen molar-refractivity contribution in [2.75, 3.05) is 5.32 Å². The zero-order chi connectivity index (χ0) is 20.2. The standard InChI is InChI=1S/C24H19FN2O2/c1-16-5-7-18(8-6-16)22-15-29-24(27-22)19-9-11-21(12-10-19)26-23(28)14-17-3-2-4-20(25)13-17/h2-13,15H,14H2,1H3,(H,26,28). The lowest BCUT2D eigenvalue weighted by atomic mass is 10.1. The molecule has 0 aliphatic rings. The molecule has 0 aliphatic carbocycles. The molecule has 0 fully saturated rings.